The molecule has 18 heavy (non-hydrogen) atoms. The molecule has 2 rings (SSSR count). The molecule has 0 spiro atoms. The molecule has 1 saturated carbocycles. The van der Waals surface area contributed by atoms with Gasteiger partial charge in [-0.2, -0.15) is 0 Å². The van der Waals surface area contributed by atoms with Gasteiger partial charge >= 0.3 is 0 Å². The Kier molecular flexibility index (Phi) is 4.09. The summed E-state index contributed by atoms with van der Waals surface area (Å²) in [5.74, 6) is 1.13. The highest BCUT2D eigenvalue weighted by molar-refractivity contribution is 5.41. The molecule has 1 aromatic rings. The van der Waals surface area contributed by atoms with Crippen LogP contribution in [0, 0.1) is 16.0 Å². The van der Waals surface area contributed by atoms with Crippen molar-refractivity contribution in [2.75, 3.05) is 11.9 Å². The van der Waals surface area contributed by atoms with Crippen LogP contribution >= 0.6 is 0 Å². The zero-order valence-corrected chi connectivity index (χ0v) is 10.1. The van der Waals surface area contributed by atoms with Gasteiger partial charge in [0.2, 0.25) is 0 Å². The Hall–Kier alpha value is -1.69. The molecule has 0 saturated heterocycles. The summed E-state index contributed by atoms with van der Waals surface area (Å²) in [5.41, 5.74) is -0.00104. The van der Waals surface area contributed by atoms with Crippen molar-refractivity contribution in [2.45, 2.75) is 31.7 Å². The smallest absolute Gasteiger partial charge is 0.287 e. The van der Waals surface area contributed by atoms with Gasteiger partial charge in [0.15, 0.2) is 0 Å². The van der Waals surface area contributed by atoms with Crippen LogP contribution in [-0.4, -0.2) is 27.7 Å². The maximum absolute atomic E-state index is 10.5. The molecule has 1 aromatic heterocycles. The number of aliphatic hydroxyl groups is 1. The summed E-state index contributed by atoms with van der Waals surface area (Å²) in [6.07, 6.45) is 5.38. The number of nitrogens with zero attached hydrogens (tertiary/aromatic N) is 2. The van der Waals surface area contributed by atoms with Crippen LogP contribution in [0.15, 0.2) is 18.3 Å². The van der Waals surface area contributed by atoms with E-state index in [1.54, 1.807) is 6.07 Å². The van der Waals surface area contributed by atoms with E-state index in [0.717, 1.165) is 25.7 Å². The van der Waals surface area contributed by atoms with E-state index in [1.807, 2.05) is 0 Å². The summed E-state index contributed by atoms with van der Waals surface area (Å²) in [6.45, 7) is 0.205. The predicted molar refractivity (Wildman–Crippen MR) is 67.3 cm³/mol. The van der Waals surface area contributed by atoms with E-state index in [9.17, 15) is 10.1 Å². The Morgan fingerprint density at radius 2 is 2.33 bits per heavy atom. The second-order valence-corrected chi connectivity index (χ2v) is 4.61. The number of pyridine rings is 1. The molecule has 6 heteroatoms. The summed E-state index contributed by atoms with van der Waals surface area (Å²) < 4.78 is 0. The van der Waals surface area contributed by atoms with Crippen LogP contribution in [0.2, 0.25) is 0 Å². The van der Waals surface area contributed by atoms with Crippen molar-refractivity contribution in [3.8, 4) is 0 Å². The highest BCUT2D eigenvalue weighted by Crippen LogP contribution is 2.30. The largest absolute Gasteiger partial charge is 0.396 e. The fourth-order valence-corrected chi connectivity index (χ4v) is 2.51. The Morgan fingerprint density at radius 1 is 1.50 bits per heavy atom. The molecule has 1 fully saturated rings. The van der Waals surface area contributed by atoms with Crippen LogP contribution in [0.25, 0.3) is 0 Å². The first kappa shape index (κ1) is 12.8. The molecule has 0 radical (unpaired) electrons. The Morgan fingerprint density at radius 3 is 2.94 bits per heavy atom. The van der Waals surface area contributed by atoms with E-state index in [1.165, 1.54) is 12.3 Å². The normalized spacial score (nSPS) is 22.9. The second-order valence-electron chi connectivity index (χ2n) is 4.61. The van der Waals surface area contributed by atoms with Crippen LogP contribution < -0.4 is 5.32 Å². The topological polar surface area (TPSA) is 88.3 Å². The van der Waals surface area contributed by atoms with Crippen molar-refractivity contribution in [1.82, 2.24) is 4.98 Å². The summed E-state index contributed by atoms with van der Waals surface area (Å²) in [6, 6.07) is 3.39. The summed E-state index contributed by atoms with van der Waals surface area (Å²) in [5, 5.41) is 22.8. The first-order valence-electron chi connectivity index (χ1n) is 6.18. The molecule has 1 heterocycles. The fourth-order valence-electron chi connectivity index (χ4n) is 2.51. The van der Waals surface area contributed by atoms with Crippen molar-refractivity contribution < 1.29 is 10.0 Å². The number of aromatic nitrogens is 1. The highest BCUT2D eigenvalue weighted by atomic mass is 16.6. The minimum atomic E-state index is -0.457. The molecule has 2 unspecified atom stereocenters. The third-order valence-electron chi connectivity index (χ3n) is 3.45. The molecule has 2 N–H and O–H groups in total. The Balaban J connectivity index is 1.98. The van der Waals surface area contributed by atoms with Gasteiger partial charge in [-0.05, 0) is 31.2 Å². The van der Waals surface area contributed by atoms with E-state index >= 15 is 0 Å². The predicted octanol–water partition coefficient (Wildman–Crippen LogP) is 1.95. The maximum Gasteiger partial charge on any atom is 0.287 e. The number of hydrogen-bond acceptors (Lipinski definition) is 5. The summed E-state index contributed by atoms with van der Waals surface area (Å²) in [4.78, 5) is 14.1. The van der Waals surface area contributed by atoms with E-state index in [2.05, 4.69) is 10.3 Å². The van der Waals surface area contributed by atoms with Crippen molar-refractivity contribution >= 4 is 11.5 Å². The average Bonchev–Trinajstić information content (AvgIpc) is 2.78. The average molecular weight is 251 g/mol. The van der Waals surface area contributed by atoms with E-state index in [4.69, 9.17) is 5.11 Å². The van der Waals surface area contributed by atoms with Crippen molar-refractivity contribution in [3.05, 3.63) is 28.4 Å². The molecular weight excluding hydrogens is 234 g/mol. The van der Waals surface area contributed by atoms with Crippen LogP contribution in [-0.2, 0) is 0 Å². The quantitative estimate of drug-likeness (QED) is 0.616. The molecule has 0 amide bonds. The van der Waals surface area contributed by atoms with Crippen molar-refractivity contribution in [1.29, 1.82) is 0 Å². The summed E-state index contributed by atoms with van der Waals surface area (Å²) >= 11 is 0. The van der Waals surface area contributed by atoms with Gasteiger partial charge in [-0.3, -0.25) is 10.1 Å². The standard InChI is InChI=1S/C12H17N3O3/c16-7-6-9-2-1-3-11(9)14-12-5-4-10(8-13-12)15(17)18/h4-5,8-9,11,16H,1-3,6-7H2,(H,13,14). The van der Waals surface area contributed by atoms with E-state index in [0.29, 0.717) is 17.8 Å². The van der Waals surface area contributed by atoms with Gasteiger partial charge < -0.3 is 10.4 Å². The second kappa shape index (κ2) is 5.77. The van der Waals surface area contributed by atoms with Gasteiger partial charge in [0.05, 0.1) is 4.92 Å². The number of nitro groups is 1. The first-order chi connectivity index (χ1) is 8.70. The van der Waals surface area contributed by atoms with Gasteiger partial charge in [-0.25, -0.2) is 4.98 Å². The van der Waals surface area contributed by atoms with Crippen molar-refractivity contribution in [3.63, 3.8) is 0 Å². The number of aliphatic hydroxyl groups excluding tert-OH is 1. The number of nitrogens with one attached hydrogen (secondary N) is 1. The molecule has 6 nitrogen and oxygen atoms in total. The van der Waals surface area contributed by atoms with Gasteiger partial charge in [-0.15, -0.1) is 0 Å². The highest BCUT2D eigenvalue weighted by Gasteiger charge is 2.26. The van der Waals surface area contributed by atoms with Gasteiger partial charge in [0, 0.05) is 18.7 Å². The SMILES string of the molecule is O=[N+]([O-])c1ccc(NC2CCCC2CCO)nc1. The monoisotopic (exact) mass is 251 g/mol. The molecule has 1 aliphatic rings. The summed E-state index contributed by atoms with van der Waals surface area (Å²) in [7, 11) is 0. The lowest BCUT2D eigenvalue weighted by atomic mass is 10.00. The molecule has 0 aliphatic heterocycles. The van der Waals surface area contributed by atoms with Crippen LogP contribution in [0.3, 0.4) is 0 Å². The lowest BCUT2D eigenvalue weighted by Gasteiger charge is -2.20. The van der Waals surface area contributed by atoms with E-state index in [-0.39, 0.29) is 12.3 Å². The number of hydrogen-bond donors (Lipinski definition) is 2. The molecular formula is C12H17N3O3. The van der Waals surface area contributed by atoms with E-state index < -0.39 is 4.92 Å². The molecule has 2 atom stereocenters. The van der Waals surface area contributed by atoms with Crippen molar-refractivity contribution in [2.24, 2.45) is 5.92 Å². The molecule has 0 bridgehead atoms. The maximum atomic E-state index is 10.5. The zero-order chi connectivity index (χ0) is 13.0. The minimum absolute atomic E-state index is 0.00104. The lowest BCUT2D eigenvalue weighted by molar-refractivity contribution is -0.385. The number of anilines is 1. The first-order valence-corrected chi connectivity index (χ1v) is 6.18. The number of rotatable bonds is 5. The van der Waals surface area contributed by atoms with Crippen LogP contribution in [0.5, 0.6) is 0 Å². The van der Waals surface area contributed by atoms with Gasteiger partial charge in [0.1, 0.15) is 12.0 Å². The van der Waals surface area contributed by atoms with Gasteiger partial charge in [-0.1, -0.05) is 6.42 Å². The van der Waals surface area contributed by atoms with Crippen LogP contribution in [0.1, 0.15) is 25.7 Å². The van der Waals surface area contributed by atoms with Crippen LogP contribution in [0.4, 0.5) is 11.5 Å². The third-order valence-corrected chi connectivity index (χ3v) is 3.45. The molecule has 98 valence electrons. The fraction of sp³-hybridized carbons (Fsp3) is 0.583. The minimum Gasteiger partial charge on any atom is -0.396 e. The zero-order valence-electron chi connectivity index (χ0n) is 10.1. The lowest BCUT2D eigenvalue weighted by Crippen LogP contribution is -2.25. The van der Waals surface area contributed by atoms with Gasteiger partial charge in [0.25, 0.3) is 5.69 Å². The molecule has 0 aromatic carbocycles. The molecule has 1 aliphatic carbocycles. The Labute approximate surface area is 105 Å². The third kappa shape index (κ3) is 2.95. The Bertz CT molecular complexity index is 408.